The average molecular weight is 325 g/mol. The van der Waals surface area contributed by atoms with Crippen molar-refractivity contribution in [1.29, 1.82) is 5.26 Å². The SMILES string of the molecule is N#Cc1ccc(CN2CCCC(C(=O)NCC(F)F)C2)c(F)c1. The summed E-state index contributed by atoms with van der Waals surface area (Å²) in [5.41, 5.74) is 0.715. The van der Waals surface area contributed by atoms with Crippen LogP contribution in [0.1, 0.15) is 24.0 Å². The molecule has 1 aliphatic heterocycles. The molecule has 0 saturated carbocycles. The second-order valence-corrected chi connectivity index (χ2v) is 5.63. The van der Waals surface area contributed by atoms with Crippen LogP contribution in [-0.4, -0.2) is 36.9 Å². The number of carbonyl (C=O) groups is 1. The number of nitrogens with one attached hydrogen (secondary N) is 1. The lowest BCUT2D eigenvalue weighted by Gasteiger charge is -2.32. The number of benzene rings is 1. The Morgan fingerprint density at radius 1 is 1.48 bits per heavy atom. The van der Waals surface area contributed by atoms with Crippen molar-refractivity contribution in [3.63, 3.8) is 0 Å². The van der Waals surface area contributed by atoms with Crippen molar-refractivity contribution in [2.75, 3.05) is 19.6 Å². The van der Waals surface area contributed by atoms with Gasteiger partial charge in [-0.3, -0.25) is 9.69 Å². The van der Waals surface area contributed by atoms with E-state index in [0.717, 1.165) is 13.0 Å². The van der Waals surface area contributed by atoms with Crippen molar-refractivity contribution in [3.8, 4) is 6.07 Å². The van der Waals surface area contributed by atoms with E-state index in [9.17, 15) is 18.0 Å². The lowest BCUT2D eigenvalue weighted by Crippen LogP contribution is -2.43. The Bertz CT molecular complexity index is 601. The first-order valence-corrected chi connectivity index (χ1v) is 7.46. The minimum Gasteiger partial charge on any atom is -0.350 e. The number of hydrogen-bond acceptors (Lipinski definition) is 3. The molecule has 1 aromatic rings. The monoisotopic (exact) mass is 325 g/mol. The average Bonchev–Trinajstić information content (AvgIpc) is 2.54. The van der Waals surface area contributed by atoms with Crippen molar-refractivity contribution in [2.45, 2.75) is 25.8 Å². The number of alkyl halides is 2. The Kier molecular flexibility index (Phi) is 5.99. The number of piperidine rings is 1. The number of halogens is 3. The highest BCUT2D eigenvalue weighted by Crippen LogP contribution is 2.20. The van der Waals surface area contributed by atoms with Crippen LogP contribution in [0.4, 0.5) is 13.2 Å². The van der Waals surface area contributed by atoms with Crippen molar-refractivity contribution in [1.82, 2.24) is 10.2 Å². The topological polar surface area (TPSA) is 56.1 Å². The lowest BCUT2D eigenvalue weighted by molar-refractivity contribution is -0.127. The Morgan fingerprint density at radius 2 is 2.26 bits per heavy atom. The molecular weight excluding hydrogens is 307 g/mol. The van der Waals surface area contributed by atoms with Gasteiger partial charge in [-0.15, -0.1) is 0 Å². The standard InChI is InChI=1S/C16H18F3N3O/c17-14-6-11(7-20)3-4-12(14)9-22-5-1-2-13(10-22)16(23)21-8-15(18)19/h3-4,6,13,15H,1-2,5,8-10H2,(H,21,23). The fourth-order valence-corrected chi connectivity index (χ4v) is 2.72. The zero-order chi connectivity index (χ0) is 16.8. The maximum Gasteiger partial charge on any atom is 0.255 e. The maximum atomic E-state index is 13.9. The van der Waals surface area contributed by atoms with Gasteiger partial charge < -0.3 is 5.32 Å². The van der Waals surface area contributed by atoms with E-state index in [4.69, 9.17) is 5.26 Å². The van der Waals surface area contributed by atoms with E-state index in [0.29, 0.717) is 25.1 Å². The summed E-state index contributed by atoms with van der Waals surface area (Å²) >= 11 is 0. The fraction of sp³-hybridized carbons (Fsp3) is 0.500. The predicted molar refractivity (Wildman–Crippen MR) is 78.1 cm³/mol. The molecule has 0 bridgehead atoms. The van der Waals surface area contributed by atoms with Crippen molar-refractivity contribution >= 4 is 5.91 Å². The summed E-state index contributed by atoms with van der Waals surface area (Å²) in [6, 6.07) is 6.18. The predicted octanol–water partition coefficient (Wildman–Crippen LogP) is 2.29. The highest BCUT2D eigenvalue weighted by Gasteiger charge is 2.26. The van der Waals surface area contributed by atoms with Crippen LogP contribution in [0.5, 0.6) is 0 Å². The van der Waals surface area contributed by atoms with Gasteiger partial charge in [-0.1, -0.05) is 6.07 Å². The zero-order valence-corrected chi connectivity index (χ0v) is 12.6. The maximum absolute atomic E-state index is 13.9. The van der Waals surface area contributed by atoms with E-state index >= 15 is 0 Å². The fourth-order valence-electron chi connectivity index (χ4n) is 2.72. The summed E-state index contributed by atoms with van der Waals surface area (Å²) in [6.07, 6.45) is -1.17. The second-order valence-electron chi connectivity index (χ2n) is 5.63. The number of nitriles is 1. The van der Waals surface area contributed by atoms with Gasteiger partial charge in [0.05, 0.1) is 24.1 Å². The summed E-state index contributed by atoms with van der Waals surface area (Å²) in [5, 5.41) is 11.0. The Morgan fingerprint density at radius 3 is 2.91 bits per heavy atom. The van der Waals surface area contributed by atoms with E-state index in [2.05, 4.69) is 5.32 Å². The number of likely N-dealkylation sites (tertiary alicyclic amines) is 1. The third kappa shape index (κ3) is 4.96. The molecule has 0 aliphatic carbocycles. The van der Waals surface area contributed by atoms with Gasteiger partial charge in [-0.2, -0.15) is 5.26 Å². The van der Waals surface area contributed by atoms with Gasteiger partial charge >= 0.3 is 0 Å². The molecule has 23 heavy (non-hydrogen) atoms. The number of nitrogens with zero attached hydrogens (tertiary/aromatic N) is 2. The van der Waals surface area contributed by atoms with Gasteiger partial charge in [0.2, 0.25) is 5.91 Å². The molecule has 4 nitrogen and oxygen atoms in total. The summed E-state index contributed by atoms with van der Waals surface area (Å²) in [7, 11) is 0. The number of rotatable bonds is 5. The first-order valence-electron chi connectivity index (χ1n) is 7.46. The van der Waals surface area contributed by atoms with Gasteiger partial charge in [0.15, 0.2) is 0 Å². The molecule has 1 amide bonds. The second kappa shape index (κ2) is 7.97. The Labute approximate surface area is 132 Å². The molecule has 124 valence electrons. The Hall–Kier alpha value is -2.07. The zero-order valence-electron chi connectivity index (χ0n) is 12.6. The van der Waals surface area contributed by atoms with Gasteiger partial charge in [-0.05, 0) is 31.5 Å². The van der Waals surface area contributed by atoms with Crippen LogP contribution in [-0.2, 0) is 11.3 Å². The molecule has 1 saturated heterocycles. The summed E-state index contributed by atoms with van der Waals surface area (Å²) in [5.74, 6) is -1.19. The van der Waals surface area contributed by atoms with Crippen LogP contribution >= 0.6 is 0 Å². The van der Waals surface area contributed by atoms with Crippen LogP contribution in [0.2, 0.25) is 0 Å². The third-order valence-electron chi connectivity index (χ3n) is 3.88. The minimum atomic E-state index is -2.56. The molecule has 1 unspecified atom stereocenters. The van der Waals surface area contributed by atoms with Gasteiger partial charge in [0.25, 0.3) is 6.43 Å². The molecule has 1 N–H and O–H groups in total. The van der Waals surface area contributed by atoms with Crippen LogP contribution < -0.4 is 5.32 Å². The molecule has 1 fully saturated rings. The first kappa shape index (κ1) is 17.3. The molecule has 0 aromatic heterocycles. The van der Waals surface area contributed by atoms with Crippen molar-refractivity contribution in [3.05, 3.63) is 35.1 Å². The Balaban J connectivity index is 1.94. The first-order chi connectivity index (χ1) is 11.0. The quantitative estimate of drug-likeness (QED) is 0.904. The number of hydrogen-bond donors (Lipinski definition) is 1. The molecular formula is C16H18F3N3O. The van der Waals surface area contributed by atoms with Crippen molar-refractivity contribution in [2.24, 2.45) is 5.92 Å². The third-order valence-corrected chi connectivity index (χ3v) is 3.88. The summed E-state index contributed by atoms with van der Waals surface area (Å²) in [6.45, 7) is 0.822. The van der Waals surface area contributed by atoms with Gasteiger partial charge in [0, 0.05) is 18.7 Å². The molecule has 1 aliphatic rings. The van der Waals surface area contributed by atoms with E-state index < -0.39 is 18.8 Å². The molecule has 0 radical (unpaired) electrons. The van der Waals surface area contributed by atoms with Crippen molar-refractivity contribution < 1.29 is 18.0 Å². The van der Waals surface area contributed by atoms with E-state index in [-0.39, 0.29) is 17.4 Å². The highest BCUT2D eigenvalue weighted by atomic mass is 19.3. The molecule has 7 heteroatoms. The summed E-state index contributed by atoms with van der Waals surface area (Å²) < 4.78 is 38.2. The van der Waals surface area contributed by atoms with Gasteiger partial charge in [-0.25, -0.2) is 13.2 Å². The van der Waals surface area contributed by atoms with Crippen LogP contribution in [0, 0.1) is 23.1 Å². The van der Waals surface area contributed by atoms with Crippen LogP contribution in [0.25, 0.3) is 0 Å². The largest absolute Gasteiger partial charge is 0.350 e. The molecule has 2 rings (SSSR count). The van der Waals surface area contributed by atoms with E-state index in [1.807, 2.05) is 11.0 Å². The van der Waals surface area contributed by atoms with Crippen LogP contribution in [0.3, 0.4) is 0 Å². The van der Waals surface area contributed by atoms with Crippen LogP contribution in [0.15, 0.2) is 18.2 Å². The lowest BCUT2D eigenvalue weighted by atomic mass is 9.96. The number of amides is 1. The molecule has 1 atom stereocenters. The highest BCUT2D eigenvalue weighted by molar-refractivity contribution is 5.78. The van der Waals surface area contributed by atoms with Gasteiger partial charge in [0.1, 0.15) is 5.82 Å². The molecule has 1 aromatic carbocycles. The smallest absolute Gasteiger partial charge is 0.255 e. The van der Waals surface area contributed by atoms with E-state index in [1.54, 1.807) is 12.1 Å². The molecule has 1 heterocycles. The van der Waals surface area contributed by atoms with E-state index in [1.165, 1.54) is 6.07 Å². The molecule has 0 spiro atoms. The number of carbonyl (C=O) groups excluding carboxylic acids is 1. The minimum absolute atomic E-state index is 0.258. The summed E-state index contributed by atoms with van der Waals surface area (Å²) in [4.78, 5) is 13.8. The normalized spacial score (nSPS) is 18.7.